The van der Waals surface area contributed by atoms with Crippen molar-refractivity contribution in [3.8, 4) is 0 Å². The van der Waals surface area contributed by atoms with E-state index in [0.29, 0.717) is 6.41 Å². The fourth-order valence-electron chi connectivity index (χ4n) is 1.84. The molecule has 1 aromatic rings. The van der Waals surface area contributed by atoms with Crippen LogP contribution in [0.2, 0.25) is 0 Å². The van der Waals surface area contributed by atoms with Gasteiger partial charge in [-0.2, -0.15) is 0 Å². The number of carbonyl (C=O) groups is 2. The molecule has 0 saturated heterocycles. The summed E-state index contributed by atoms with van der Waals surface area (Å²) in [5.41, 5.74) is 2.21. The molecule has 0 aromatic heterocycles. The Kier molecular flexibility index (Phi) is 4.89. The molecule has 0 fully saturated rings. The van der Waals surface area contributed by atoms with Gasteiger partial charge in [-0.15, -0.1) is 0 Å². The Morgan fingerprint density at radius 2 is 1.83 bits per heavy atom. The zero-order valence-corrected chi connectivity index (χ0v) is 11.3. The Hall–Kier alpha value is -1.84. The Morgan fingerprint density at radius 3 is 2.28 bits per heavy atom. The van der Waals surface area contributed by atoms with E-state index >= 15 is 0 Å². The van der Waals surface area contributed by atoms with Crippen LogP contribution in [0, 0.1) is 6.92 Å². The van der Waals surface area contributed by atoms with E-state index in [2.05, 4.69) is 5.32 Å². The summed E-state index contributed by atoms with van der Waals surface area (Å²) in [5.74, 6) is -0.166. The summed E-state index contributed by atoms with van der Waals surface area (Å²) in [5, 5.41) is 2.60. The lowest BCUT2D eigenvalue weighted by Crippen LogP contribution is -2.46. The second kappa shape index (κ2) is 6.19. The standard InChI is InChI=1S/C14H20N2O2/c1-10-5-7-12(8-6-10)11(2)13(15-9-17)14(18)16(3)4/h5-9,11,13H,1-4H3,(H,15,17). The van der Waals surface area contributed by atoms with E-state index in [4.69, 9.17) is 0 Å². The summed E-state index contributed by atoms with van der Waals surface area (Å²) >= 11 is 0. The minimum Gasteiger partial charge on any atom is -0.347 e. The molecule has 2 amide bonds. The molecule has 1 rings (SSSR count). The van der Waals surface area contributed by atoms with Gasteiger partial charge in [0.2, 0.25) is 12.3 Å². The van der Waals surface area contributed by atoms with Crippen molar-refractivity contribution in [2.24, 2.45) is 0 Å². The lowest BCUT2D eigenvalue weighted by atomic mass is 9.92. The van der Waals surface area contributed by atoms with Crippen LogP contribution in [-0.2, 0) is 9.59 Å². The highest BCUT2D eigenvalue weighted by Gasteiger charge is 2.26. The van der Waals surface area contributed by atoms with Gasteiger partial charge in [-0.05, 0) is 12.5 Å². The van der Waals surface area contributed by atoms with Gasteiger partial charge in [-0.25, -0.2) is 0 Å². The van der Waals surface area contributed by atoms with E-state index in [1.807, 2.05) is 38.1 Å². The van der Waals surface area contributed by atoms with Gasteiger partial charge in [0.1, 0.15) is 6.04 Å². The molecule has 0 radical (unpaired) electrons. The van der Waals surface area contributed by atoms with Crippen LogP contribution >= 0.6 is 0 Å². The van der Waals surface area contributed by atoms with Gasteiger partial charge in [0.15, 0.2) is 0 Å². The van der Waals surface area contributed by atoms with Crippen molar-refractivity contribution >= 4 is 12.3 Å². The Bertz CT molecular complexity index is 412. The van der Waals surface area contributed by atoms with Crippen molar-refractivity contribution in [1.29, 1.82) is 0 Å². The van der Waals surface area contributed by atoms with Crippen LogP contribution in [0.1, 0.15) is 24.0 Å². The maximum absolute atomic E-state index is 12.0. The topological polar surface area (TPSA) is 49.4 Å². The molecule has 0 spiro atoms. The van der Waals surface area contributed by atoms with Crippen molar-refractivity contribution in [2.75, 3.05) is 14.1 Å². The number of nitrogens with one attached hydrogen (secondary N) is 1. The normalized spacial score (nSPS) is 13.6. The highest BCUT2D eigenvalue weighted by molar-refractivity contribution is 5.84. The highest BCUT2D eigenvalue weighted by Crippen LogP contribution is 2.20. The third-order valence-electron chi connectivity index (χ3n) is 3.06. The first-order valence-corrected chi connectivity index (χ1v) is 5.94. The van der Waals surface area contributed by atoms with Gasteiger partial charge >= 0.3 is 0 Å². The average molecular weight is 248 g/mol. The molecule has 0 aliphatic carbocycles. The number of amides is 2. The molecule has 1 aromatic carbocycles. The van der Waals surface area contributed by atoms with Crippen molar-refractivity contribution in [2.45, 2.75) is 25.8 Å². The Morgan fingerprint density at radius 1 is 1.28 bits per heavy atom. The van der Waals surface area contributed by atoms with E-state index < -0.39 is 6.04 Å². The van der Waals surface area contributed by atoms with Gasteiger partial charge in [0.25, 0.3) is 0 Å². The SMILES string of the molecule is Cc1ccc(C(C)C(NC=O)C(=O)N(C)C)cc1. The van der Waals surface area contributed by atoms with Crippen LogP contribution in [0.25, 0.3) is 0 Å². The van der Waals surface area contributed by atoms with Crippen molar-refractivity contribution < 1.29 is 9.59 Å². The largest absolute Gasteiger partial charge is 0.347 e. The van der Waals surface area contributed by atoms with Crippen LogP contribution in [0.3, 0.4) is 0 Å². The molecular weight excluding hydrogens is 228 g/mol. The van der Waals surface area contributed by atoms with E-state index in [0.717, 1.165) is 5.56 Å². The molecule has 2 atom stereocenters. The monoisotopic (exact) mass is 248 g/mol. The van der Waals surface area contributed by atoms with Crippen molar-refractivity contribution in [3.63, 3.8) is 0 Å². The third kappa shape index (κ3) is 3.32. The first kappa shape index (κ1) is 14.2. The first-order valence-electron chi connectivity index (χ1n) is 5.94. The molecule has 18 heavy (non-hydrogen) atoms. The number of hydrogen-bond donors (Lipinski definition) is 1. The smallest absolute Gasteiger partial charge is 0.245 e. The summed E-state index contributed by atoms with van der Waals surface area (Å²) < 4.78 is 0. The number of nitrogens with zero attached hydrogens (tertiary/aromatic N) is 1. The lowest BCUT2D eigenvalue weighted by molar-refractivity contribution is -0.132. The third-order valence-corrected chi connectivity index (χ3v) is 3.06. The predicted molar refractivity (Wildman–Crippen MR) is 71.3 cm³/mol. The van der Waals surface area contributed by atoms with Gasteiger partial charge in [0, 0.05) is 20.0 Å². The second-order valence-corrected chi connectivity index (χ2v) is 4.69. The molecule has 1 N–H and O–H groups in total. The van der Waals surface area contributed by atoms with E-state index in [1.165, 1.54) is 10.5 Å². The minimum absolute atomic E-state index is 0.0642. The fraction of sp³-hybridized carbons (Fsp3) is 0.429. The first-order chi connectivity index (χ1) is 8.47. The van der Waals surface area contributed by atoms with Crippen LogP contribution in [0.4, 0.5) is 0 Å². The maximum atomic E-state index is 12.0. The zero-order chi connectivity index (χ0) is 13.7. The highest BCUT2D eigenvalue weighted by atomic mass is 16.2. The summed E-state index contributed by atoms with van der Waals surface area (Å²) in [6, 6.07) is 7.46. The quantitative estimate of drug-likeness (QED) is 0.799. The predicted octanol–water partition coefficient (Wildman–Crippen LogP) is 1.30. The number of carbonyl (C=O) groups excluding carboxylic acids is 2. The van der Waals surface area contributed by atoms with Crippen molar-refractivity contribution in [1.82, 2.24) is 10.2 Å². The lowest BCUT2D eigenvalue weighted by Gasteiger charge is -2.25. The molecule has 4 nitrogen and oxygen atoms in total. The number of aryl methyl sites for hydroxylation is 1. The molecule has 0 bridgehead atoms. The van der Waals surface area contributed by atoms with Gasteiger partial charge < -0.3 is 10.2 Å². The summed E-state index contributed by atoms with van der Waals surface area (Å²) in [7, 11) is 3.37. The number of likely N-dealkylation sites (N-methyl/N-ethyl adjacent to an activating group) is 1. The van der Waals surface area contributed by atoms with Crippen LogP contribution in [0.5, 0.6) is 0 Å². The van der Waals surface area contributed by atoms with Gasteiger partial charge in [-0.3, -0.25) is 9.59 Å². The molecule has 0 aliphatic rings. The van der Waals surface area contributed by atoms with Crippen LogP contribution in [0.15, 0.2) is 24.3 Å². The maximum Gasteiger partial charge on any atom is 0.245 e. The second-order valence-electron chi connectivity index (χ2n) is 4.69. The van der Waals surface area contributed by atoms with Gasteiger partial charge in [-0.1, -0.05) is 36.8 Å². The minimum atomic E-state index is -0.528. The van der Waals surface area contributed by atoms with Crippen LogP contribution < -0.4 is 5.32 Å². The molecule has 0 heterocycles. The summed E-state index contributed by atoms with van der Waals surface area (Å²) in [6.45, 7) is 3.95. The van der Waals surface area contributed by atoms with E-state index in [-0.39, 0.29) is 11.8 Å². The number of hydrogen-bond acceptors (Lipinski definition) is 2. The van der Waals surface area contributed by atoms with E-state index in [9.17, 15) is 9.59 Å². The van der Waals surface area contributed by atoms with Crippen LogP contribution in [-0.4, -0.2) is 37.4 Å². The Balaban J connectivity index is 2.95. The van der Waals surface area contributed by atoms with E-state index in [1.54, 1.807) is 14.1 Å². The number of rotatable bonds is 5. The Labute approximate surface area is 108 Å². The molecule has 0 saturated carbocycles. The summed E-state index contributed by atoms with van der Waals surface area (Å²) in [6.07, 6.45) is 0.580. The number of benzene rings is 1. The zero-order valence-electron chi connectivity index (χ0n) is 11.3. The molecular formula is C14H20N2O2. The van der Waals surface area contributed by atoms with Gasteiger partial charge in [0.05, 0.1) is 0 Å². The molecule has 0 aliphatic heterocycles. The van der Waals surface area contributed by atoms with Crippen molar-refractivity contribution in [3.05, 3.63) is 35.4 Å². The molecule has 4 heteroatoms. The molecule has 2 unspecified atom stereocenters. The molecule has 98 valence electrons. The fourth-order valence-corrected chi connectivity index (χ4v) is 1.84. The average Bonchev–Trinajstić information content (AvgIpc) is 2.35. The summed E-state index contributed by atoms with van der Waals surface area (Å²) in [4.78, 5) is 24.2.